The number of carbonyl (C=O) groups excluding carboxylic acids is 2. The lowest BCUT2D eigenvalue weighted by molar-refractivity contribution is -0.110. The Morgan fingerprint density at radius 3 is 2.18 bits per heavy atom. The summed E-state index contributed by atoms with van der Waals surface area (Å²) >= 11 is 1.32. The van der Waals surface area contributed by atoms with Crippen molar-refractivity contribution in [1.82, 2.24) is 4.57 Å². The number of anilines is 1. The van der Waals surface area contributed by atoms with Gasteiger partial charge in [0, 0.05) is 41.5 Å². The van der Waals surface area contributed by atoms with Crippen LogP contribution in [0.1, 0.15) is 43.9 Å². The zero-order valence-corrected chi connectivity index (χ0v) is 21.0. The van der Waals surface area contributed by atoms with Crippen LogP contribution < -0.4 is 4.90 Å². The minimum Gasteiger partial charge on any atom is -0.461 e. The van der Waals surface area contributed by atoms with Crippen LogP contribution in [0.15, 0.2) is 60.7 Å². The highest BCUT2D eigenvalue weighted by molar-refractivity contribution is 8.14. The summed E-state index contributed by atoms with van der Waals surface area (Å²) in [5, 5.41) is 0.0567. The van der Waals surface area contributed by atoms with Crippen molar-refractivity contribution in [2.45, 2.75) is 38.9 Å². The molecule has 1 aromatic heterocycles. The average molecular weight is 465 g/mol. The van der Waals surface area contributed by atoms with E-state index in [0.29, 0.717) is 5.69 Å². The Morgan fingerprint density at radius 2 is 1.64 bits per heavy atom. The summed E-state index contributed by atoms with van der Waals surface area (Å²) in [5.41, 5.74) is 4.72. The van der Waals surface area contributed by atoms with Crippen molar-refractivity contribution in [3.63, 3.8) is 0 Å². The van der Waals surface area contributed by atoms with E-state index in [0.717, 1.165) is 28.2 Å². The summed E-state index contributed by atoms with van der Waals surface area (Å²) in [7, 11) is 3.96. The Hall–Kier alpha value is -2.99. The summed E-state index contributed by atoms with van der Waals surface area (Å²) in [6.07, 6.45) is 0.205. The van der Waals surface area contributed by atoms with E-state index in [-0.39, 0.29) is 22.9 Å². The van der Waals surface area contributed by atoms with Gasteiger partial charge in [-0.15, -0.1) is 0 Å². The maximum atomic E-state index is 13.2. The van der Waals surface area contributed by atoms with Crippen LogP contribution in [0.4, 0.5) is 5.69 Å². The number of nitrogens with zero attached hydrogens (tertiary/aromatic N) is 2. The molecule has 0 saturated carbocycles. The minimum atomic E-state index is -0.407. The Labute approximate surface area is 200 Å². The number of aromatic nitrogens is 1. The Bertz CT molecular complexity index is 1110. The molecule has 0 radical (unpaired) electrons. The lowest BCUT2D eigenvalue weighted by atomic mass is 10.1. The number of thioether (sulfide) groups is 1. The molecule has 0 aliphatic rings. The molecule has 0 fully saturated rings. The van der Waals surface area contributed by atoms with Crippen molar-refractivity contribution in [3.8, 4) is 16.8 Å². The molecule has 0 atom stereocenters. The summed E-state index contributed by atoms with van der Waals surface area (Å²) in [6.45, 7) is 8.13. The third-order valence-corrected chi connectivity index (χ3v) is 5.98. The fourth-order valence-electron chi connectivity index (χ4n) is 3.65. The van der Waals surface area contributed by atoms with Crippen LogP contribution in [0.3, 0.4) is 0 Å². The Balaban J connectivity index is 2.22. The van der Waals surface area contributed by atoms with Crippen molar-refractivity contribution in [3.05, 3.63) is 72.1 Å². The van der Waals surface area contributed by atoms with E-state index in [9.17, 15) is 9.59 Å². The standard InChI is InChI=1S/C27H32N2O3S/c1-7-32-26(31)25-23(19-11-9-8-10-12-19)17-22(18-24(30)33-27(2,3)4)29(25)21-15-13-20(14-16-21)28(5)6/h8-17H,7,18H2,1-6H3. The monoisotopic (exact) mass is 464 g/mol. The number of rotatable bonds is 7. The second kappa shape index (κ2) is 10.3. The summed E-state index contributed by atoms with van der Waals surface area (Å²) in [6, 6.07) is 19.6. The van der Waals surface area contributed by atoms with Gasteiger partial charge in [-0.05, 0) is 42.8 Å². The van der Waals surface area contributed by atoms with Crippen molar-refractivity contribution in [1.29, 1.82) is 0 Å². The normalized spacial score (nSPS) is 11.3. The first-order valence-electron chi connectivity index (χ1n) is 11.1. The van der Waals surface area contributed by atoms with Crippen LogP contribution >= 0.6 is 11.8 Å². The Kier molecular flexibility index (Phi) is 7.69. The first kappa shape index (κ1) is 24.6. The van der Waals surface area contributed by atoms with Gasteiger partial charge in [0.25, 0.3) is 0 Å². The molecule has 0 amide bonds. The highest BCUT2D eigenvalue weighted by Gasteiger charge is 2.26. The maximum Gasteiger partial charge on any atom is 0.355 e. The molecule has 0 N–H and O–H groups in total. The lowest BCUT2D eigenvalue weighted by Crippen LogP contribution is -2.17. The molecule has 6 heteroatoms. The maximum absolute atomic E-state index is 13.2. The molecular weight excluding hydrogens is 432 g/mol. The van der Waals surface area contributed by atoms with Gasteiger partial charge < -0.3 is 14.2 Å². The number of hydrogen-bond acceptors (Lipinski definition) is 5. The van der Waals surface area contributed by atoms with Crippen LogP contribution in [0.25, 0.3) is 16.8 Å². The van der Waals surface area contributed by atoms with Crippen molar-refractivity contribution >= 4 is 28.5 Å². The molecule has 2 aromatic carbocycles. The van der Waals surface area contributed by atoms with Gasteiger partial charge in [0.15, 0.2) is 5.12 Å². The van der Waals surface area contributed by atoms with Crippen LogP contribution in [-0.2, 0) is 16.0 Å². The first-order valence-corrected chi connectivity index (χ1v) is 11.9. The summed E-state index contributed by atoms with van der Waals surface area (Å²) in [5.74, 6) is -0.407. The number of hydrogen-bond donors (Lipinski definition) is 0. The molecule has 0 bridgehead atoms. The quantitative estimate of drug-likeness (QED) is 0.402. The van der Waals surface area contributed by atoms with E-state index in [1.165, 1.54) is 11.8 Å². The SMILES string of the molecule is CCOC(=O)c1c(-c2ccccc2)cc(CC(=O)SC(C)(C)C)n1-c1ccc(N(C)C)cc1. The van der Waals surface area contributed by atoms with Crippen LogP contribution in [0.2, 0.25) is 0 Å². The third kappa shape index (κ3) is 6.08. The predicted molar refractivity (Wildman–Crippen MR) is 138 cm³/mol. The number of ether oxygens (including phenoxy) is 1. The van der Waals surface area contributed by atoms with Gasteiger partial charge in [0.1, 0.15) is 5.69 Å². The molecule has 0 unspecified atom stereocenters. The van der Waals surface area contributed by atoms with Gasteiger partial charge in [0.05, 0.1) is 13.0 Å². The van der Waals surface area contributed by atoms with Gasteiger partial charge in [-0.25, -0.2) is 4.79 Å². The highest BCUT2D eigenvalue weighted by atomic mass is 32.2. The van der Waals surface area contributed by atoms with Gasteiger partial charge in [-0.2, -0.15) is 0 Å². The largest absolute Gasteiger partial charge is 0.461 e. The number of carbonyl (C=O) groups is 2. The molecule has 5 nitrogen and oxygen atoms in total. The molecule has 0 aliphatic heterocycles. The van der Waals surface area contributed by atoms with E-state index in [4.69, 9.17) is 4.74 Å². The van der Waals surface area contributed by atoms with Crippen LogP contribution in [0, 0.1) is 0 Å². The molecule has 33 heavy (non-hydrogen) atoms. The molecular formula is C27H32N2O3S. The third-order valence-electron chi connectivity index (χ3n) is 5.00. The van der Waals surface area contributed by atoms with E-state index < -0.39 is 5.97 Å². The predicted octanol–water partition coefficient (Wildman–Crippen LogP) is 5.99. The molecule has 3 rings (SSSR count). The molecule has 0 saturated heterocycles. The van der Waals surface area contributed by atoms with E-state index in [2.05, 4.69) is 0 Å². The van der Waals surface area contributed by atoms with E-state index >= 15 is 0 Å². The van der Waals surface area contributed by atoms with Crippen LogP contribution in [-0.4, -0.2) is 41.1 Å². The Morgan fingerprint density at radius 1 is 1.00 bits per heavy atom. The van der Waals surface area contributed by atoms with Gasteiger partial charge >= 0.3 is 5.97 Å². The van der Waals surface area contributed by atoms with E-state index in [1.807, 2.05) is 105 Å². The second-order valence-electron chi connectivity index (χ2n) is 8.99. The molecule has 1 heterocycles. The average Bonchev–Trinajstić information content (AvgIpc) is 3.12. The van der Waals surface area contributed by atoms with Gasteiger partial charge in [-0.3, -0.25) is 4.79 Å². The number of esters is 1. The zero-order valence-electron chi connectivity index (χ0n) is 20.2. The summed E-state index contributed by atoms with van der Waals surface area (Å²) < 4.78 is 7.14. The van der Waals surface area contributed by atoms with Gasteiger partial charge in [-0.1, -0.05) is 62.9 Å². The smallest absolute Gasteiger partial charge is 0.355 e. The molecule has 0 spiro atoms. The fourth-order valence-corrected chi connectivity index (χ4v) is 4.56. The number of benzene rings is 2. The van der Waals surface area contributed by atoms with Crippen molar-refractivity contribution in [2.24, 2.45) is 0 Å². The second-order valence-corrected chi connectivity index (χ2v) is 10.9. The highest BCUT2D eigenvalue weighted by Crippen LogP contribution is 2.33. The van der Waals surface area contributed by atoms with Gasteiger partial charge in [0.2, 0.25) is 0 Å². The first-order chi connectivity index (χ1) is 15.6. The fraction of sp³-hybridized carbons (Fsp3) is 0.333. The molecule has 0 aliphatic carbocycles. The summed E-state index contributed by atoms with van der Waals surface area (Å²) in [4.78, 5) is 28.1. The van der Waals surface area contributed by atoms with Crippen LogP contribution in [0.5, 0.6) is 0 Å². The molecule has 174 valence electrons. The zero-order chi connectivity index (χ0) is 24.2. The lowest BCUT2D eigenvalue weighted by Gasteiger charge is -2.18. The molecule has 3 aromatic rings. The van der Waals surface area contributed by atoms with Crippen molar-refractivity contribution in [2.75, 3.05) is 25.6 Å². The van der Waals surface area contributed by atoms with E-state index in [1.54, 1.807) is 6.92 Å². The topological polar surface area (TPSA) is 51.5 Å². The van der Waals surface area contributed by atoms with Crippen molar-refractivity contribution < 1.29 is 14.3 Å². The minimum absolute atomic E-state index is 0.0567.